The molecule has 0 amide bonds. The molecule has 0 saturated heterocycles. The standard InChI is InChI=1S/C12H10BrF2N3/c1-6-10(15)12(16-2)18-11(17-6)8-5-7(14)3-4-9(8)13/h3-5H,1-2H3,(H,16,17,18). The number of anilines is 1. The minimum absolute atomic E-state index is 0.0914. The third kappa shape index (κ3) is 2.33. The molecule has 0 radical (unpaired) electrons. The first-order valence-electron chi connectivity index (χ1n) is 5.20. The lowest BCUT2D eigenvalue weighted by atomic mass is 10.2. The van der Waals surface area contributed by atoms with Crippen LogP contribution in [0.2, 0.25) is 0 Å². The predicted molar refractivity (Wildman–Crippen MR) is 69.4 cm³/mol. The molecule has 6 heteroatoms. The SMILES string of the molecule is CNc1nc(-c2cc(F)ccc2Br)nc(C)c1F. The minimum atomic E-state index is -0.506. The Kier molecular flexibility index (Phi) is 3.56. The highest BCUT2D eigenvalue weighted by molar-refractivity contribution is 9.10. The number of hydrogen-bond donors (Lipinski definition) is 1. The average molecular weight is 314 g/mol. The zero-order valence-corrected chi connectivity index (χ0v) is 11.3. The van der Waals surface area contributed by atoms with Crippen LogP contribution in [-0.4, -0.2) is 17.0 Å². The second kappa shape index (κ2) is 4.97. The van der Waals surface area contributed by atoms with Crippen molar-refractivity contribution in [1.82, 2.24) is 9.97 Å². The van der Waals surface area contributed by atoms with E-state index in [1.807, 2.05) is 0 Å². The van der Waals surface area contributed by atoms with Gasteiger partial charge in [-0.3, -0.25) is 0 Å². The van der Waals surface area contributed by atoms with Gasteiger partial charge >= 0.3 is 0 Å². The molecule has 0 unspecified atom stereocenters. The van der Waals surface area contributed by atoms with Crippen LogP contribution in [0.3, 0.4) is 0 Å². The van der Waals surface area contributed by atoms with Crippen LogP contribution in [0.1, 0.15) is 5.69 Å². The zero-order valence-electron chi connectivity index (χ0n) is 9.76. The monoisotopic (exact) mass is 313 g/mol. The number of nitrogens with zero attached hydrogens (tertiary/aromatic N) is 2. The van der Waals surface area contributed by atoms with Crippen molar-refractivity contribution in [2.75, 3.05) is 12.4 Å². The van der Waals surface area contributed by atoms with E-state index in [2.05, 4.69) is 31.2 Å². The Morgan fingerprint density at radius 1 is 1.22 bits per heavy atom. The molecule has 0 saturated carbocycles. The lowest BCUT2D eigenvalue weighted by Crippen LogP contribution is -2.04. The smallest absolute Gasteiger partial charge is 0.186 e. The molecule has 0 bridgehead atoms. The fourth-order valence-electron chi connectivity index (χ4n) is 1.51. The van der Waals surface area contributed by atoms with Gasteiger partial charge in [-0.15, -0.1) is 0 Å². The van der Waals surface area contributed by atoms with Crippen molar-refractivity contribution in [3.05, 3.63) is 40.0 Å². The molecular formula is C12H10BrF2N3. The fraction of sp³-hybridized carbons (Fsp3) is 0.167. The highest BCUT2D eigenvalue weighted by Crippen LogP contribution is 2.28. The summed E-state index contributed by atoms with van der Waals surface area (Å²) in [5, 5.41) is 2.65. The first-order valence-corrected chi connectivity index (χ1v) is 5.99. The van der Waals surface area contributed by atoms with Gasteiger partial charge in [-0.25, -0.2) is 18.7 Å². The van der Waals surface area contributed by atoms with E-state index in [0.717, 1.165) is 0 Å². The molecule has 1 aromatic carbocycles. The second-order valence-corrected chi connectivity index (χ2v) is 4.52. The van der Waals surface area contributed by atoms with Gasteiger partial charge in [0.2, 0.25) is 0 Å². The van der Waals surface area contributed by atoms with Gasteiger partial charge in [0.25, 0.3) is 0 Å². The molecular weight excluding hydrogens is 304 g/mol. The molecule has 1 N–H and O–H groups in total. The number of hydrogen-bond acceptors (Lipinski definition) is 3. The number of halogens is 3. The molecule has 0 spiro atoms. The largest absolute Gasteiger partial charge is 0.371 e. The maximum Gasteiger partial charge on any atom is 0.186 e. The van der Waals surface area contributed by atoms with Gasteiger partial charge in [0.1, 0.15) is 5.82 Å². The van der Waals surface area contributed by atoms with E-state index in [4.69, 9.17) is 0 Å². The Balaban J connectivity index is 2.64. The van der Waals surface area contributed by atoms with E-state index in [1.54, 1.807) is 13.1 Å². The van der Waals surface area contributed by atoms with E-state index in [-0.39, 0.29) is 17.3 Å². The summed E-state index contributed by atoms with van der Waals surface area (Å²) >= 11 is 3.30. The molecule has 18 heavy (non-hydrogen) atoms. The first kappa shape index (κ1) is 12.9. The number of nitrogens with one attached hydrogen (secondary N) is 1. The maximum absolute atomic E-state index is 13.6. The summed E-state index contributed by atoms with van der Waals surface area (Å²) in [4.78, 5) is 8.06. The van der Waals surface area contributed by atoms with Crippen LogP contribution in [0.25, 0.3) is 11.4 Å². The summed E-state index contributed by atoms with van der Waals surface area (Å²) < 4.78 is 27.5. The highest BCUT2D eigenvalue weighted by atomic mass is 79.9. The van der Waals surface area contributed by atoms with Crippen molar-refractivity contribution in [3.63, 3.8) is 0 Å². The van der Waals surface area contributed by atoms with Crippen molar-refractivity contribution in [2.24, 2.45) is 0 Å². The van der Waals surface area contributed by atoms with Crippen molar-refractivity contribution < 1.29 is 8.78 Å². The first-order chi connectivity index (χ1) is 8.52. The van der Waals surface area contributed by atoms with E-state index in [1.165, 1.54) is 19.1 Å². The predicted octanol–water partition coefficient (Wildman–Crippen LogP) is 3.53. The number of aryl methyl sites for hydroxylation is 1. The van der Waals surface area contributed by atoms with Crippen molar-refractivity contribution in [3.8, 4) is 11.4 Å². The fourth-order valence-corrected chi connectivity index (χ4v) is 1.94. The van der Waals surface area contributed by atoms with Gasteiger partial charge in [0.15, 0.2) is 17.5 Å². The minimum Gasteiger partial charge on any atom is -0.371 e. The summed E-state index contributed by atoms with van der Waals surface area (Å²) in [7, 11) is 1.56. The zero-order chi connectivity index (χ0) is 13.3. The number of rotatable bonds is 2. The number of benzene rings is 1. The molecule has 0 aliphatic carbocycles. The van der Waals surface area contributed by atoms with Crippen LogP contribution in [-0.2, 0) is 0 Å². The van der Waals surface area contributed by atoms with Gasteiger partial charge in [0, 0.05) is 17.1 Å². The van der Waals surface area contributed by atoms with Crippen molar-refractivity contribution in [2.45, 2.75) is 6.92 Å². The van der Waals surface area contributed by atoms with E-state index in [9.17, 15) is 8.78 Å². The molecule has 2 rings (SSSR count). The van der Waals surface area contributed by atoms with Gasteiger partial charge in [-0.05, 0) is 25.1 Å². The summed E-state index contributed by atoms with van der Waals surface area (Å²) in [6.07, 6.45) is 0. The third-order valence-electron chi connectivity index (χ3n) is 2.42. The Morgan fingerprint density at radius 2 is 1.94 bits per heavy atom. The van der Waals surface area contributed by atoms with Gasteiger partial charge in [0.05, 0.1) is 5.69 Å². The topological polar surface area (TPSA) is 37.8 Å². The molecule has 0 atom stereocenters. The summed E-state index contributed by atoms with van der Waals surface area (Å²) in [5.41, 5.74) is 0.690. The third-order valence-corrected chi connectivity index (χ3v) is 3.11. The molecule has 0 aliphatic heterocycles. The highest BCUT2D eigenvalue weighted by Gasteiger charge is 2.14. The van der Waals surface area contributed by atoms with Crippen LogP contribution in [0.4, 0.5) is 14.6 Å². The quantitative estimate of drug-likeness (QED) is 0.921. The van der Waals surface area contributed by atoms with Crippen molar-refractivity contribution >= 4 is 21.7 Å². The average Bonchev–Trinajstić information content (AvgIpc) is 2.35. The van der Waals surface area contributed by atoms with Crippen LogP contribution in [0.5, 0.6) is 0 Å². The molecule has 1 heterocycles. The Hall–Kier alpha value is -1.56. The van der Waals surface area contributed by atoms with Gasteiger partial charge in [-0.1, -0.05) is 15.9 Å². The van der Waals surface area contributed by atoms with Crippen LogP contribution < -0.4 is 5.32 Å². The van der Waals surface area contributed by atoms with Crippen LogP contribution in [0.15, 0.2) is 22.7 Å². The lowest BCUT2D eigenvalue weighted by molar-refractivity contribution is 0.607. The molecule has 94 valence electrons. The Labute approximate surface area is 111 Å². The summed E-state index contributed by atoms with van der Waals surface area (Å²) in [6, 6.07) is 4.19. The van der Waals surface area contributed by atoms with Gasteiger partial charge in [-0.2, -0.15) is 0 Å². The van der Waals surface area contributed by atoms with Gasteiger partial charge < -0.3 is 5.32 Å². The lowest BCUT2D eigenvalue weighted by Gasteiger charge is -2.08. The molecule has 0 aliphatic rings. The molecule has 3 nitrogen and oxygen atoms in total. The summed E-state index contributed by atoms with van der Waals surface area (Å²) in [5.74, 6) is -0.545. The Bertz CT molecular complexity index is 602. The molecule has 2 aromatic rings. The van der Waals surface area contributed by atoms with Crippen LogP contribution in [0, 0.1) is 18.6 Å². The van der Waals surface area contributed by atoms with E-state index in [0.29, 0.717) is 10.0 Å². The van der Waals surface area contributed by atoms with E-state index < -0.39 is 11.6 Å². The van der Waals surface area contributed by atoms with Crippen molar-refractivity contribution in [1.29, 1.82) is 0 Å². The molecule has 0 fully saturated rings. The maximum atomic E-state index is 13.6. The summed E-state index contributed by atoms with van der Waals surface area (Å²) in [6.45, 7) is 1.54. The molecule has 1 aromatic heterocycles. The van der Waals surface area contributed by atoms with Crippen LogP contribution >= 0.6 is 15.9 Å². The second-order valence-electron chi connectivity index (χ2n) is 3.67. The van der Waals surface area contributed by atoms with E-state index >= 15 is 0 Å². The normalized spacial score (nSPS) is 10.5. The number of aromatic nitrogens is 2. The Morgan fingerprint density at radius 3 is 2.61 bits per heavy atom.